The van der Waals surface area contributed by atoms with Gasteiger partial charge in [-0.05, 0) is 30.7 Å². The fraction of sp³-hybridized carbons (Fsp3) is 0.390. The Morgan fingerprint density at radius 1 is 0.492 bits per heavy atom. The second kappa shape index (κ2) is 52.4. The first-order chi connectivity index (χ1) is 60.0. The number of aliphatic carboxylic acids is 5. The molecule has 0 radical (unpaired) electrons. The summed E-state index contributed by atoms with van der Waals surface area (Å²) in [6.07, 6.45) is 9.52. The van der Waals surface area contributed by atoms with Crippen LogP contribution >= 0.6 is 43.2 Å². The third-order valence-electron chi connectivity index (χ3n) is 17.4. The van der Waals surface area contributed by atoms with Gasteiger partial charge in [0.15, 0.2) is 11.2 Å². The van der Waals surface area contributed by atoms with E-state index in [1.165, 1.54) is 48.9 Å². The van der Waals surface area contributed by atoms with Crippen LogP contribution in [0.25, 0.3) is 11.2 Å². The van der Waals surface area contributed by atoms with Crippen molar-refractivity contribution in [2.24, 2.45) is 11.8 Å². The summed E-state index contributed by atoms with van der Waals surface area (Å²) in [7, 11) is 4.90. The normalized spacial score (nSPS) is 13.5. The number of amides is 10. The van der Waals surface area contributed by atoms with E-state index in [-0.39, 0.29) is 88.2 Å². The average Bonchev–Trinajstić information content (AvgIpc) is 0.805. The van der Waals surface area contributed by atoms with Gasteiger partial charge in [0.2, 0.25) is 35.5 Å². The number of H-pyrrole nitrogens is 1. The van der Waals surface area contributed by atoms with Gasteiger partial charge in [0, 0.05) is 29.2 Å². The molecule has 126 heavy (non-hydrogen) atoms. The molecule has 0 bridgehead atoms. The first-order valence-corrected chi connectivity index (χ1v) is 43.5. The number of nitrogens with one attached hydrogen (secondary N) is 12. The zero-order valence-electron chi connectivity index (χ0n) is 68.1. The molecule has 4 aromatic heterocycles. The maximum absolute atomic E-state index is 14.4. The number of carbonyl (C=O) groups is 15. The van der Waals surface area contributed by atoms with E-state index in [2.05, 4.69) is 94.3 Å². The molecule has 6 aromatic rings. The molecule has 49 heteroatoms. The van der Waals surface area contributed by atoms with Crippen LogP contribution in [0.3, 0.4) is 0 Å². The predicted molar refractivity (Wildman–Crippen MR) is 461 cm³/mol. The van der Waals surface area contributed by atoms with E-state index < -0.39 is 198 Å². The second-order valence-electron chi connectivity index (χ2n) is 28.5. The van der Waals surface area contributed by atoms with E-state index in [0.717, 1.165) is 55.6 Å². The molecule has 43 nitrogen and oxygen atoms in total. The van der Waals surface area contributed by atoms with Gasteiger partial charge in [0.05, 0.1) is 37.7 Å². The van der Waals surface area contributed by atoms with Crippen molar-refractivity contribution in [2.75, 3.05) is 22.6 Å². The quantitative estimate of drug-likeness (QED) is 0.0108. The van der Waals surface area contributed by atoms with Gasteiger partial charge in [-0.15, -0.1) is 0 Å². The molecule has 0 aliphatic heterocycles. The van der Waals surface area contributed by atoms with Crippen molar-refractivity contribution in [3.63, 3.8) is 0 Å². The number of aromatic amines is 1. The van der Waals surface area contributed by atoms with Crippen molar-refractivity contribution in [1.29, 1.82) is 0 Å². The molecule has 2 aromatic carbocycles. The summed E-state index contributed by atoms with van der Waals surface area (Å²) < 4.78 is 23.6. The maximum atomic E-state index is 14.4. The van der Waals surface area contributed by atoms with Crippen molar-refractivity contribution in [2.45, 2.75) is 164 Å². The van der Waals surface area contributed by atoms with Gasteiger partial charge in [0.25, 0.3) is 11.5 Å². The third-order valence-corrected chi connectivity index (χ3v) is 22.0. The molecular formula is C77H92B2N20O23S4. The monoisotopic (exact) mass is 1810 g/mol. The molecule has 0 saturated heterocycles. The zero-order valence-corrected chi connectivity index (χ0v) is 71.4. The summed E-state index contributed by atoms with van der Waals surface area (Å²) in [5.41, 5.74) is 6.41. The Bertz CT molecular complexity index is 5010. The minimum atomic E-state index is -2.32. The first-order valence-electron chi connectivity index (χ1n) is 38.5. The van der Waals surface area contributed by atoms with Crippen molar-refractivity contribution >= 4 is 169 Å². The number of rotatable bonds is 55. The summed E-state index contributed by atoms with van der Waals surface area (Å²) in [4.78, 5) is 243. The molecule has 6 rings (SSSR count). The van der Waals surface area contributed by atoms with E-state index in [9.17, 15) is 112 Å². The van der Waals surface area contributed by atoms with Gasteiger partial charge in [-0.2, -0.15) is 4.98 Å². The Balaban J connectivity index is 1.13. The second-order valence-corrected chi connectivity index (χ2v) is 33.5. The number of hydrogen-bond acceptors (Lipinski definition) is 31. The van der Waals surface area contributed by atoms with Gasteiger partial charge in [-0.3, -0.25) is 52.9 Å². The number of nitrogen functional groups attached to an aromatic ring is 1. The third kappa shape index (κ3) is 35.9. The van der Waals surface area contributed by atoms with Crippen LogP contribution in [0.5, 0.6) is 0 Å². The molecule has 0 spiro atoms. The Morgan fingerprint density at radius 3 is 1.44 bits per heavy atom. The van der Waals surface area contributed by atoms with Gasteiger partial charge >= 0.3 is 380 Å². The van der Waals surface area contributed by atoms with Crippen LogP contribution in [0.15, 0.2) is 127 Å². The van der Waals surface area contributed by atoms with Gasteiger partial charge in [-0.25, -0.2) is 19.6 Å². The van der Waals surface area contributed by atoms with Crippen molar-refractivity contribution in [1.82, 2.24) is 93.0 Å². The summed E-state index contributed by atoms with van der Waals surface area (Å²) >= 11 is 0. The molecule has 0 fully saturated rings. The molecule has 0 unspecified atom stereocenters. The van der Waals surface area contributed by atoms with Crippen molar-refractivity contribution in [3.05, 3.63) is 172 Å². The molecule has 4 heterocycles. The Labute approximate surface area is 735 Å². The topological polar surface area (TPSA) is 673 Å². The zero-order chi connectivity index (χ0) is 92.5. The summed E-state index contributed by atoms with van der Waals surface area (Å²) in [5, 5.41) is 76.6. The SMILES string of the molecule is C=C/C=C\C=C\C[C@H](NC(=O)c1cnc(CSSC[C@H](NC(=O)[C@H](CC(=O)O)NC(=O)[C@H](CC(=O)O)NC(=O)[C@H](CC(=O)O)NC(=O)[C@H](CSSCc2cnc(C(=O)N[C@@H](Cc3ccccc3)C(=O)N[C@H](B=O)CC(C)C)cn2)NC(=O)CC[C@H](NC(=O)c2ccc(NCc3cnc4nc(N)[nH]c(=O)c4n3)cc2)C(=O)O)C(=O)O)cn1)C(=O)N[C@H](B=O)CC(C)C. The average molecular weight is 1820 g/mol. The fourth-order valence-corrected chi connectivity index (χ4v) is 15.5. The number of aromatic nitrogens is 8. The summed E-state index contributed by atoms with van der Waals surface area (Å²) in [5.74, 6) is -22.0. The Morgan fingerprint density at radius 2 is 0.960 bits per heavy atom. The molecule has 10 atom stereocenters. The number of nitrogens with two attached hydrogens (primary N) is 1. The van der Waals surface area contributed by atoms with Crippen molar-refractivity contribution < 1.29 is 107 Å². The van der Waals surface area contributed by atoms with E-state index >= 15 is 0 Å². The van der Waals surface area contributed by atoms with Crippen molar-refractivity contribution in [3.8, 4) is 0 Å². The van der Waals surface area contributed by atoms with E-state index in [1.807, 2.05) is 38.3 Å². The molecule has 668 valence electrons. The molecular weight excluding hydrogens is 1720 g/mol. The van der Waals surface area contributed by atoms with Gasteiger partial charge in [0.1, 0.15) is 36.3 Å². The van der Waals surface area contributed by atoms with Gasteiger partial charge in [-0.1, -0.05) is 21.6 Å². The van der Waals surface area contributed by atoms with Crippen LogP contribution in [0.1, 0.15) is 133 Å². The fourth-order valence-electron chi connectivity index (χ4n) is 11.2. The number of carbonyl (C=O) groups excluding carboxylic acids is 10. The standard InChI is InChI=1S/C77H92B2N20O23S4/c1-6-7-8-9-13-16-47(66(108)96-57(78-121)23-39(2)3)89-71(113)53-33-82-46(31-84-53)36-124-126-38-56(76(119)120)95-69(111)52(28-62(105)106)93-67(109)50(26-60(101)102)92-68(110)51(27-61(103)104)94-73(115)55(37-125-123-35-45-32-85-54(34-83-45)72(114)91-49(25-41-14-11-10-12-15-41)70(112)97-58(79-122)24-40(4)5)88-59(100)22-21-48(75(117)118)90-65(107)42-17-19-43(20-18-42)81-29-44-30-86-64-63(87-44)74(116)99-77(80)98-64/h6-15,17-20,30-34,39-40,47-52,55-58,81H,1,16,21-29,35-38H2,2-5H3,(H,88,100)(H,89,113)(H,90,107)(H,91,114)(H,92,110)(H,93,109)(H,94,115)(H,95,111)(H,96,108)(H,97,112)(H,101,102)(H,103,104)(H,105,106)(H,117,118)(H,119,120)(H3,80,86,98,99,116)/b8-7-,13-9+/t47-,48-,49-,50-,51-,52-,55-,56-,57-,58-/m0/s1. The predicted octanol–water partition coefficient (Wildman–Crippen LogP) is 0.751. The molecule has 0 saturated carbocycles. The minimum absolute atomic E-state index is 0.0163. The molecule has 0 aliphatic rings. The van der Waals surface area contributed by atoms with Crippen LogP contribution in [0.4, 0.5) is 11.6 Å². The van der Waals surface area contributed by atoms with Crippen LogP contribution in [-0.4, -0.2) is 240 Å². The Kier molecular flexibility index (Phi) is 42.3. The van der Waals surface area contributed by atoms with E-state index in [0.29, 0.717) is 44.1 Å². The number of fused-ring (bicyclic) bond motifs is 1. The van der Waals surface area contributed by atoms with Gasteiger partial charge < -0.3 is 68.5 Å². The molecule has 10 amide bonds. The molecule has 19 N–H and O–H groups in total. The number of anilines is 2. The van der Waals surface area contributed by atoms with Crippen LogP contribution in [-0.2, 0) is 91.4 Å². The summed E-state index contributed by atoms with van der Waals surface area (Å²) in [6, 6.07) is -0.0988. The number of carboxylic acids is 5. The number of nitrogens with zero attached hydrogens (tertiary/aromatic N) is 7. The summed E-state index contributed by atoms with van der Waals surface area (Å²) in [6.45, 7) is 11.1. The van der Waals surface area contributed by atoms with E-state index in [4.69, 9.17) is 5.73 Å². The first kappa shape index (κ1) is 102. The Hall–Kier alpha value is -13.2. The number of carboxylic acid groups (broad SMARTS) is 5. The number of benzene rings is 2. The molecule has 0 aliphatic carbocycles. The van der Waals surface area contributed by atoms with Crippen LogP contribution in [0.2, 0.25) is 0 Å². The van der Waals surface area contributed by atoms with Crippen LogP contribution in [0, 0.1) is 11.8 Å². The number of allylic oxidation sites excluding steroid dienone is 4. The number of hydrogen-bond donors (Lipinski definition) is 18. The van der Waals surface area contributed by atoms with E-state index in [1.54, 1.807) is 54.6 Å². The van der Waals surface area contributed by atoms with Crippen LogP contribution < -0.4 is 69.8 Å².